The Hall–Kier alpha value is -1.52. The Morgan fingerprint density at radius 1 is 1.57 bits per heavy atom. The Labute approximate surface area is 82.1 Å². The molecule has 1 N–H and O–H groups in total. The van der Waals surface area contributed by atoms with Gasteiger partial charge in [-0.1, -0.05) is 5.16 Å². The molecule has 2 rings (SSSR count). The standard InChI is InChI=1S/C9H13N3O2/c13-9(12-4-1-2-5-12)10-7-8-3-6-14-11-8/h3,6H,1-2,4-5,7H2,(H,10,13). The van der Waals surface area contributed by atoms with Crippen molar-refractivity contribution >= 4 is 6.03 Å². The first-order chi connectivity index (χ1) is 6.86. The lowest BCUT2D eigenvalue weighted by atomic mass is 10.4. The largest absolute Gasteiger partial charge is 0.364 e. The number of amides is 2. The Bertz CT molecular complexity index is 291. The summed E-state index contributed by atoms with van der Waals surface area (Å²) >= 11 is 0. The number of hydrogen-bond acceptors (Lipinski definition) is 3. The highest BCUT2D eigenvalue weighted by molar-refractivity contribution is 5.74. The lowest BCUT2D eigenvalue weighted by Crippen LogP contribution is -2.37. The van der Waals surface area contributed by atoms with Crippen LogP contribution < -0.4 is 5.32 Å². The van der Waals surface area contributed by atoms with E-state index in [0.717, 1.165) is 31.6 Å². The molecule has 1 aliphatic heterocycles. The van der Waals surface area contributed by atoms with E-state index < -0.39 is 0 Å². The molecule has 2 heterocycles. The molecule has 2 amide bonds. The summed E-state index contributed by atoms with van der Waals surface area (Å²) in [5.74, 6) is 0. The Morgan fingerprint density at radius 2 is 2.36 bits per heavy atom. The molecule has 76 valence electrons. The van der Waals surface area contributed by atoms with Gasteiger partial charge in [0.05, 0.1) is 6.54 Å². The van der Waals surface area contributed by atoms with Crippen LogP contribution in [0.1, 0.15) is 18.5 Å². The number of urea groups is 1. The van der Waals surface area contributed by atoms with E-state index >= 15 is 0 Å². The number of nitrogens with one attached hydrogen (secondary N) is 1. The molecule has 0 bridgehead atoms. The van der Waals surface area contributed by atoms with Gasteiger partial charge in [-0.25, -0.2) is 4.79 Å². The monoisotopic (exact) mass is 195 g/mol. The fourth-order valence-electron chi connectivity index (χ4n) is 1.53. The van der Waals surface area contributed by atoms with E-state index in [-0.39, 0.29) is 6.03 Å². The van der Waals surface area contributed by atoms with Gasteiger partial charge in [0, 0.05) is 19.2 Å². The highest BCUT2D eigenvalue weighted by atomic mass is 16.5. The number of rotatable bonds is 2. The molecule has 1 saturated heterocycles. The van der Waals surface area contributed by atoms with Crippen LogP contribution in [0.5, 0.6) is 0 Å². The van der Waals surface area contributed by atoms with Gasteiger partial charge in [0.1, 0.15) is 12.0 Å². The molecule has 5 nitrogen and oxygen atoms in total. The minimum atomic E-state index is -0.00880. The summed E-state index contributed by atoms with van der Waals surface area (Å²) in [4.78, 5) is 13.3. The van der Waals surface area contributed by atoms with Crippen LogP contribution in [0.4, 0.5) is 4.79 Å². The Morgan fingerprint density at radius 3 is 3.00 bits per heavy atom. The Balaban J connectivity index is 1.77. The summed E-state index contributed by atoms with van der Waals surface area (Å²) < 4.78 is 4.66. The molecule has 0 atom stereocenters. The van der Waals surface area contributed by atoms with E-state index in [4.69, 9.17) is 0 Å². The zero-order valence-electron chi connectivity index (χ0n) is 7.90. The van der Waals surface area contributed by atoms with Crippen molar-refractivity contribution in [2.24, 2.45) is 0 Å². The molecule has 1 aromatic heterocycles. The summed E-state index contributed by atoms with van der Waals surface area (Å²) in [5, 5.41) is 6.50. The molecule has 14 heavy (non-hydrogen) atoms. The van der Waals surface area contributed by atoms with Gasteiger partial charge < -0.3 is 14.7 Å². The van der Waals surface area contributed by atoms with E-state index in [0.29, 0.717) is 6.54 Å². The van der Waals surface area contributed by atoms with Crippen molar-refractivity contribution in [3.8, 4) is 0 Å². The number of hydrogen-bond donors (Lipinski definition) is 1. The lowest BCUT2D eigenvalue weighted by molar-refractivity contribution is 0.208. The summed E-state index contributed by atoms with van der Waals surface area (Å²) in [6.45, 7) is 2.17. The van der Waals surface area contributed by atoms with E-state index in [9.17, 15) is 4.79 Å². The first-order valence-corrected chi connectivity index (χ1v) is 4.78. The number of carbonyl (C=O) groups is 1. The van der Waals surface area contributed by atoms with Crippen molar-refractivity contribution < 1.29 is 9.32 Å². The average Bonchev–Trinajstić information content (AvgIpc) is 2.87. The van der Waals surface area contributed by atoms with Crippen LogP contribution >= 0.6 is 0 Å². The molecular weight excluding hydrogens is 182 g/mol. The van der Waals surface area contributed by atoms with E-state index in [1.807, 2.05) is 4.90 Å². The van der Waals surface area contributed by atoms with Gasteiger partial charge in [0.15, 0.2) is 0 Å². The van der Waals surface area contributed by atoms with Crippen molar-refractivity contribution in [3.05, 3.63) is 18.0 Å². The average molecular weight is 195 g/mol. The fraction of sp³-hybridized carbons (Fsp3) is 0.556. The lowest BCUT2D eigenvalue weighted by Gasteiger charge is -2.15. The molecule has 0 aromatic carbocycles. The number of carbonyl (C=O) groups excluding carboxylic acids is 1. The van der Waals surface area contributed by atoms with Crippen LogP contribution in [-0.4, -0.2) is 29.2 Å². The van der Waals surface area contributed by atoms with E-state index in [1.54, 1.807) is 6.07 Å². The number of aromatic nitrogens is 1. The third-order valence-corrected chi connectivity index (χ3v) is 2.31. The first kappa shape index (κ1) is 9.05. The second-order valence-electron chi connectivity index (χ2n) is 3.34. The summed E-state index contributed by atoms with van der Waals surface area (Å²) in [7, 11) is 0. The third kappa shape index (κ3) is 2.04. The second-order valence-corrected chi connectivity index (χ2v) is 3.34. The van der Waals surface area contributed by atoms with Gasteiger partial charge in [-0.2, -0.15) is 0 Å². The normalized spacial score (nSPS) is 15.9. The Kier molecular flexibility index (Phi) is 2.67. The third-order valence-electron chi connectivity index (χ3n) is 2.31. The number of nitrogens with zero attached hydrogens (tertiary/aromatic N) is 2. The van der Waals surface area contributed by atoms with Crippen LogP contribution in [0, 0.1) is 0 Å². The molecule has 5 heteroatoms. The maximum Gasteiger partial charge on any atom is 0.317 e. The van der Waals surface area contributed by atoms with Gasteiger partial charge >= 0.3 is 6.03 Å². The highest BCUT2D eigenvalue weighted by Crippen LogP contribution is 2.07. The van der Waals surface area contributed by atoms with E-state index in [2.05, 4.69) is 15.0 Å². The van der Waals surface area contributed by atoms with Gasteiger partial charge in [-0.05, 0) is 12.8 Å². The topological polar surface area (TPSA) is 58.4 Å². The smallest absolute Gasteiger partial charge is 0.317 e. The predicted molar refractivity (Wildman–Crippen MR) is 49.5 cm³/mol. The molecule has 1 aliphatic rings. The molecule has 1 aromatic rings. The fourth-order valence-corrected chi connectivity index (χ4v) is 1.53. The first-order valence-electron chi connectivity index (χ1n) is 4.78. The highest BCUT2D eigenvalue weighted by Gasteiger charge is 2.17. The van der Waals surface area contributed by atoms with Crippen LogP contribution in [0.15, 0.2) is 16.9 Å². The van der Waals surface area contributed by atoms with Crippen LogP contribution in [0.25, 0.3) is 0 Å². The SMILES string of the molecule is O=C(NCc1ccon1)N1CCCC1. The van der Waals surface area contributed by atoms with Crippen molar-refractivity contribution in [2.75, 3.05) is 13.1 Å². The molecule has 0 unspecified atom stereocenters. The maximum absolute atomic E-state index is 11.5. The summed E-state index contributed by atoms with van der Waals surface area (Å²) in [6.07, 6.45) is 3.71. The van der Waals surface area contributed by atoms with Crippen molar-refractivity contribution in [1.82, 2.24) is 15.4 Å². The zero-order chi connectivity index (χ0) is 9.80. The van der Waals surface area contributed by atoms with Crippen LogP contribution in [-0.2, 0) is 6.54 Å². The molecule has 1 fully saturated rings. The summed E-state index contributed by atoms with van der Waals surface area (Å²) in [5.41, 5.74) is 0.748. The van der Waals surface area contributed by atoms with Gasteiger partial charge in [0.2, 0.25) is 0 Å². The molecule has 0 aliphatic carbocycles. The summed E-state index contributed by atoms with van der Waals surface area (Å²) in [6, 6.07) is 1.73. The van der Waals surface area contributed by atoms with Crippen LogP contribution in [0.3, 0.4) is 0 Å². The minimum Gasteiger partial charge on any atom is -0.364 e. The van der Waals surface area contributed by atoms with Crippen molar-refractivity contribution in [2.45, 2.75) is 19.4 Å². The second kappa shape index (κ2) is 4.13. The van der Waals surface area contributed by atoms with Crippen molar-refractivity contribution in [3.63, 3.8) is 0 Å². The number of likely N-dealkylation sites (tertiary alicyclic amines) is 1. The quantitative estimate of drug-likeness (QED) is 0.765. The molecule has 0 spiro atoms. The molecule has 0 saturated carbocycles. The molecule has 0 radical (unpaired) electrons. The van der Waals surface area contributed by atoms with Gasteiger partial charge in [0.25, 0.3) is 0 Å². The molecular formula is C9H13N3O2. The van der Waals surface area contributed by atoms with Crippen LogP contribution in [0.2, 0.25) is 0 Å². The zero-order valence-corrected chi connectivity index (χ0v) is 7.90. The van der Waals surface area contributed by atoms with E-state index in [1.165, 1.54) is 6.26 Å². The van der Waals surface area contributed by atoms with Gasteiger partial charge in [-0.15, -0.1) is 0 Å². The minimum absolute atomic E-state index is 0.00880. The predicted octanol–water partition coefficient (Wildman–Crippen LogP) is 0.980. The maximum atomic E-state index is 11.5. The van der Waals surface area contributed by atoms with Crippen molar-refractivity contribution in [1.29, 1.82) is 0 Å². The van der Waals surface area contributed by atoms with Gasteiger partial charge in [-0.3, -0.25) is 0 Å².